The van der Waals surface area contributed by atoms with Crippen LogP contribution >= 0.6 is 0 Å². The normalized spacial score (nSPS) is 33.8. The van der Waals surface area contributed by atoms with E-state index in [4.69, 9.17) is 0 Å². The molecule has 1 fully saturated rings. The van der Waals surface area contributed by atoms with Crippen molar-refractivity contribution in [3.8, 4) is 0 Å². The Morgan fingerprint density at radius 2 is 2.38 bits per heavy atom. The van der Waals surface area contributed by atoms with Gasteiger partial charge in [-0.25, -0.2) is 0 Å². The predicted octanol–water partition coefficient (Wildman–Crippen LogP) is 1.27. The number of ether oxygens (including phenoxy) is 1. The number of carbonyl (C=O) groups is 1. The van der Waals surface area contributed by atoms with Crippen LogP contribution in [0.5, 0.6) is 0 Å². The van der Waals surface area contributed by atoms with Gasteiger partial charge in [-0.3, -0.25) is 4.79 Å². The van der Waals surface area contributed by atoms with E-state index >= 15 is 0 Å². The number of hydrogen-bond acceptors (Lipinski definition) is 3. The van der Waals surface area contributed by atoms with Gasteiger partial charge in [-0.15, -0.1) is 6.58 Å². The molecule has 0 amide bonds. The highest BCUT2D eigenvalue weighted by Crippen LogP contribution is 2.38. The minimum Gasteiger partial charge on any atom is -0.468 e. The van der Waals surface area contributed by atoms with Gasteiger partial charge in [0.05, 0.1) is 13.2 Å². The summed E-state index contributed by atoms with van der Waals surface area (Å²) in [4.78, 5) is 11.5. The number of aliphatic hydroxyl groups excluding tert-OH is 1. The lowest BCUT2D eigenvalue weighted by Gasteiger charge is -2.36. The molecule has 1 N–H and O–H groups in total. The second kappa shape index (κ2) is 3.92. The van der Waals surface area contributed by atoms with E-state index in [1.54, 1.807) is 0 Å². The summed E-state index contributed by atoms with van der Waals surface area (Å²) in [5.41, 5.74) is -0.854. The van der Waals surface area contributed by atoms with Crippen LogP contribution in [0, 0.1) is 5.41 Å². The number of carbonyl (C=O) groups excluding carboxylic acids is 1. The minimum absolute atomic E-state index is 0.366. The molecule has 0 aromatic rings. The van der Waals surface area contributed by atoms with Gasteiger partial charge in [-0.1, -0.05) is 18.9 Å². The van der Waals surface area contributed by atoms with E-state index in [0.717, 1.165) is 12.8 Å². The Kier molecular flexibility index (Phi) is 3.09. The third-order valence-corrected chi connectivity index (χ3v) is 2.84. The number of hydrogen-bond donors (Lipinski definition) is 1. The Bertz CT molecular complexity index is 212. The van der Waals surface area contributed by atoms with E-state index < -0.39 is 11.5 Å². The van der Waals surface area contributed by atoms with Crippen LogP contribution in [0.4, 0.5) is 0 Å². The molecule has 0 aromatic carbocycles. The van der Waals surface area contributed by atoms with Gasteiger partial charge >= 0.3 is 5.97 Å². The van der Waals surface area contributed by atoms with Crippen molar-refractivity contribution in [1.29, 1.82) is 0 Å². The van der Waals surface area contributed by atoms with Crippen LogP contribution < -0.4 is 0 Å². The number of aliphatic hydroxyl groups is 1. The first-order valence-electron chi connectivity index (χ1n) is 4.57. The summed E-state index contributed by atoms with van der Waals surface area (Å²) < 4.78 is 4.68. The van der Waals surface area contributed by atoms with Gasteiger partial charge in [-0.2, -0.15) is 0 Å². The van der Waals surface area contributed by atoms with Gasteiger partial charge in [-0.05, 0) is 12.8 Å². The van der Waals surface area contributed by atoms with E-state index in [-0.39, 0.29) is 5.97 Å². The topological polar surface area (TPSA) is 46.5 Å². The Morgan fingerprint density at radius 1 is 1.69 bits per heavy atom. The first-order chi connectivity index (χ1) is 6.17. The fourth-order valence-electron chi connectivity index (χ4n) is 1.93. The number of rotatable bonds is 2. The van der Waals surface area contributed by atoms with Crippen molar-refractivity contribution in [1.82, 2.24) is 0 Å². The molecule has 3 nitrogen and oxygen atoms in total. The Hall–Kier alpha value is -0.830. The van der Waals surface area contributed by atoms with Crippen molar-refractivity contribution >= 4 is 5.97 Å². The summed E-state index contributed by atoms with van der Waals surface area (Å²) in [6, 6.07) is 0. The first-order valence-corrected chi connectivity index (χ1v) is 4.57. The molecule has 2 atom stereocenters. The number of esters is 1. The fourth-order valence-corrected chi connectivity index (χ4v) is 1.93. The minimum atomic E-state index is -0.854. The highest BCUT2D eigenvalue weighted by atomic mass is 16.5. The van der Waals surface area contributed by atoms with Gasteiger partial charge in [0, 0.05) is 0 Å². The van der Waals surface area contributed by atoms with Crippen LogP contribution in [-0.4, -0.2) is 24.3 Å². The molecule has 1 aliphatic rings. The van der Waals surface area contributed by atoms with Crippen LogP contribution in [0.15, 0.2) is 12.7 Å². The monoisotopic (exact) mass is 184 g/mol. The molecule has 0 bridgehead atoms. The first kappa shape index (κ1) is 10.3. The van der Waals surface area contributed by atoms with E-state index in [1.807, 2.05) is 0 Å². The Labute approximate surface area is 78.4 Å². The lowest BCUT2D eigenvalue weighted by atomic mass is 9.72. The molecular weight excluding hydrogens is 168 g/mol. The van der Waals surface area contributed by atoms with Crippen LogP contribution in [0.1, 0.15) is 25.7 Å². The molecule has 74 valence electrons. The molecular formula is C10H16O3. The standard InChI is InChI=1S/C10H16O3/c1-3-10(9(12)13-2)7-5-4-6-8(10)11/h3,8,11H,1,4-7H2,2H3. The maximum absolute atomic E-state index is 11.5. The largest absolute Gasteiger partial charge is 0.468 e. The quantitative estimate of drug-likeness (QED) is 0.519. The third kappa shape index (κ3) is 1.61. The summed E-state index contributed by atoms with van der Waals surface area (Å²) in [6.45, 7) is 3.62. The summed E-state index contributed by atoms with van der Waals surface area (Å²) in [5, 5.41) is 9.75. The van der Waals surface area contributed by atoms with E-state index in [1.165, 1.54) is 13.2 Å². The molecule has 0 radical (unpaired) electrons. The zero-order valence-corrected chi connectivity index (χ0v) is 7.95. The molecule has 3 heteroatoms. The Balaban J connectivity index is 2.88. The van der Waals surface area contributed by atoms with Crippen LogP contribution in [-0.2, 0) is 9.53 Å². The molecule has 0 aliphatic heterocycles. The predicted molar refractivity (Wildman–Crippen MR) is 49.1 cm³/mol. The zero-order valence-electron chi connectivity index (χ0n) is 7.95. The van der Waals surface area contributed by atoms with Gasteiger partial charge < -0.3 is 9.84 Å². The van der Waals surface area contributed by atoms with Crippen molar-refractivity contribution in [3.63, 3.8) is 0 Å². The summed E-state index contributed by atoms with van der Waals surface area (Å²) in [5.74, 6) is -0.366. The molecule has 0 aromatic heterocycles. The van der Waals surface area contributed by atoms with Crippen molar-refractivity contribution in [2.75, 3.05) is 7.11 Å². The van der Waals surface area contributed by atoms with E-state index in [0.29, 0.717) is 12.8 Å². The molecule has 1 rings (SSSR count). The smallest absolute Gasteiger partial charge is 0.318 e. The summed E-state index contributed by atoms with van der Waals surface area (Å²) >= 11 is 0. The molecule has 1 saturated carbocycles. The average molecular weight is 184 g/mol. The second-order valence-corrected chi connectivity index (χ2v) is 3.50. The van der Waals surface area contributed by atoms with Crippen molar-refractivity contribution in [2.45, 2.75) is 31.8 Å². The van der Waals surface area contributed by atoms with Gasteiger partial charge in [0.15, 0.2) is 0 Å². The summed E-state index contributed by atoms with van der Waals surface area (Å²) in [7, 11) is 1.34. The zero-order chi connectivity index (χ0) is 9.90. The lowest BCUT2D eigenvalue weighted by Crippen LogP contribution is -2.43. The average Bonchev–Trinajstić information content (AvgIpc) is 2.18. The highest BCUT2D eigenvalue weighted by molar-refractivity contribution is 5.79. The Morgan fingerprint density at radius 3 is 2.85 bits per heavy atom. The van der Waals surface area contributed by atoms with Crippen LogP contribution in [0.3, 0.4) is 0 Å². The van der Waals surface area contributed by atoms with Crippen LogP contribution in [0.25, 0.3) is 0 Å². The number of methoxy groups -OCH3 is 1. The molecule has 1 aliphatic carbocycles. The van der Waals surface area contributed by atoms with Crippen molar-refractivity contribution in [2.24, 2.45) is 5.41 Å². The van der Waals surface area contributed by atoms with E-state index in [2.05, 4.69) is 11.3 Å². The lowest BCUT2D eigenvalue weighted by molar-refractivity contribution is -0.158. The maximum atomic E-state index is 11.5. The fraction of sp³-hybridized carbons (Fsp3) is 0.700. The maximum Gasteiger partial charge on any atom is 0.318 e. The molecule has 0 spiro atoms. The second-order valence-electron chi connectivity index (χ2n) is 3.50. The summed E-state index contributed by atoms with van der Waals surface area (Å²) in [6.07, 6.45) is 4.10. The molecule has 2 unspecified atom stereocenters. The van der Waals surface area contributed by atoms with Crippen molar-refractivity contribution in [3.05, 3.63) is 12.7 Å². The molecule has 0 saturated heterocycles. The van der Waals surface area contributed by atoms with Gasteiger partial charge in [0.25, 0.3) is 0 Å². The van der Waals surface area contributed by atoms with Gasteiger partial charge in [0.2, 0.25) is 0 Å². The highest BCUT2D eigenvalue weighted by Gasteiger charge is 2.44. The van der Waals surface area contributed by atoms with E-state index in [9.17, 15) is 9.90 Å². The van der Waals surface area contributed by atoms with Crippen LogP contribution in [0.2, 0.25) is 0 Å². The SMILES string of the molecule is C=CC1(C(=O)OC)CCCCC1O. The third-order valence-electron chi connectivity index (χ3n) is 2.84. The van der Waals surface area contributed by atoms with Gasteiger partial charge in [0.1, 0.15) is 5.41 Å². The molecule has 13 heavy (non-hydrogen) atoms. The molecule has 0 heterocycles. The van der Waals surface area contributed by atoms with Crippen molar-refractivity contribution < 1.29 is 14.6 Å².